The van der Waals surface area contributed by atoms with Gasteiger partial charge >= 0.3 is 5.97 Å². The molecule has 3 aliphatic rings. The van der Waals surface area contributed by atoms with E-state index in [4.69, 9.17) is 23.7 Å². The summed E-state index contributed by atoms with van der Waals surface area (Å²) in [6, 6.07) is -1.51. The molecule has 220 valence electrons. The van der Waals surface area contributed by atoms with Crippen molar-refractivity contribution < 1.29 is 84.3 Å². The number of carboxylic acid groups (broad SMARTS) is 1. The van der Waals surface area contributed by atoms with Crippen molar-refractivity contribution in [3.05, 3.63) is 0 Å². The van der Waals surface area contributed by atoms with Gasteiger partial charge in [0.05, 0.1) is 13.2 Å². The predicted octanol–water partition coefficient (Wildman–Crippen LogP) is -7.34. The van der Waals surface area contributed by atoms with Gasteiger partial charge in [-0.15, -0.1) is 0 Å². The summed E-state index contributed by atoms with van der Waals surface area (Å²) >= 11 is 0. The molecular weight excluding hydrogens is 526 g/mol. The van der Waals surface area contributed by atoms with E-state index in [0.717, 1.165) is 6.92 Å². The minimum Gasteiger partial charge on any atom is -0.479 e. The Morgan fingerprint density at radius 3 is 2.00 bits per heavy atom. The second kappa shape index (κ2) is 12.3. The molecule has 0 bridgehead atoms. The van der Waals surface area contributed by atoms with Crippen LogP contribution in [0.4, 0.5) is 0 Å². The zero-order valence-corrected chi connectivity index (χ0v) is 20.0. The lowest BCUT2D eigenvalue weighted by atomic mass is 9.95. The van der Waals surface area contributed by atoms with Gasteiger partial charge in [-0.1, -0.05) is 0 Å². The fourth-order valence-corrected chi connectivity index (χ4v) is 4.58. The number of amides is 1. The van der Waals surface area contributed by atoms with Gasteiger partial charge in [-0.05, 0) is 0 Å². The van der Waals surface area contributed by atoms with Crippen LogP contribution >= 0.6 is 0 Å². The maximum absolute atomic E-state index is 11.8. The number of carbonyl (C=O) groups excluding carboxylic acids is 1. The maximum Gasteiger partial charge on any atom is 0.335 e. The Morgan fingerprint density at radius 1 is 0.868 bits per heavy atom. The third-order valence-electron chi connectivity index (χ3n) is 6.56. The number of ether oxygens (including phenoxy) is 5. The van der Waals surface area contributed by atoms with E-state index in [9.17, 15) is 60.7 Å². The summed E-state index contributed by atoms with van der Waals surface area (Å²) in [4.78, 5) is 23.4. The van der Waals surface area contributed by atoms with E-state index in [1.807, 2.05) is 0 Å². The van der Waals surface area contributed by atoms with Crippen LogP contribution in [0.15, 0.2) is 0 Å². The lowest BCUT2D eigenvalue weighted by molar-refractivity contribution is -0.373. The first-order valence-corrected chi connectivity index (χ1v) is 11.5. The second-order valence-electron chi connectivity index (χ2n) is 9.14. The Bertz CT molecular complexity index is 833. The fourth-order valence-electron chi connectivity index (χ4n) is 4.58. The molecule has 38 heavy (non-hydrogen) atoms. The molecule has 0 aliphatic carbocycles. The summed E-state index contributed by atoms with van der Waals surface area (Å²) in [5.41, 5.74) is 0. The molecule has 0 aromatic carbocycles. The van der Waals surface area contributed by atoms with Gasteiger partial charge < -0.3 is 80.1 Å². The summed E-state index contributed by atoms with van der Waals surface area (Å²) in [7, 11) is 0. The normalized spacial score (nSPS) is 47.6. The first-order chi connectivity index (χ1) is 17.8. The summed E-state index contributed by atoms with van der Waals surface area (Å²) in [6.07, 6.45) is -22.6. The van der Waals surface area contributed by atoms with Gasteiger partial charge in [0.2, 0.25) is 11.7 Å². The van der Waals surface area contributed by atoms with Crippen LogP contribution in [0.5, 0.6) is 0 Å². The van der Waals surface area contributed by atoms with Gasteiger partial charge in [-0.3, -0.25) is 4.79 Å². The highest BCUT2D eigenvalue weighted by atomic mass is 16.8. The lowest BCUT2D eigenvalue weighted by Crippen LogP contribution is -2.69. The number of rotatable bonds is 9. The molecule has 14 unspecified atom stereocenters. The zero-order valence-electron chi connectivity index (χ0n) is 20.0. The summed E-state index contributed by atoms with van der Waals surface area (Å²) in [6.45, 7) is -1.76. The Kier molecular flexibility index (Phi) is 9.98. The van der Waals surface area contributed by atoms with E-state index in [2.05, 4.69) is 5.32 Å². The third-order valence-corrected chi connectivity index (χ3v) is 6.56. The van der Waals surface area contributed by atoms with Crippen molar-refractivity contribution in [3.8, 4) is 0 Å². The zero-order chi connectivity index (χ0) is 28.5. The minimum absolute atomic E-state index is 0.708. The number of hydrogen-bond donors (Lipinski definition) is 11. The number of aliphatic hydroxyl groups excluding tert-OH is 9. The van der Waals surface area contributed by atoms with Crippen molar-refractivity contribution >= 4 is 11.9 Å². The molecule has 3 rings (SSSR count). The molecule has 18 nitrogen and oxygen atoms in total. The highest BCUT2D eigenvalue weighted by Crippen LogP contribution is 2.37. The van der Waals surface area contributed by atoms with E-state index in [-0.39, 0.29) is 0 Å². The van der Waals surface area contributed by atoms with Crippen molar-refractivity contribution in [2.45, 2.75) is 92.4 Å². The molecule has 14 atom stereocenters. The SMILES string of the molecule is CC(=O)NC1C(O)OC(CO)C(O)C1OC1OC(C(=O)O)C(O)C(OC2(CO)OC(CO)C(O)C2O)C1O. The van der Waals surface area contributed by atoms with Crippen molar-refractivity contribution in [1.29, 1.82) is 0 Å². The van der Waals surface area contributed by atoms with Crippen LogP contribution in [0.25, 0.3) is 0 Å². The minimum atomic E-state index is -2.54. The first kappa shape index (κ1) is 30.9. The molecule has 18 heteroatoms. The van der Waals surface area contributed by atoms with Crippen LogP contribution in [0.3, 0.4) is 0 Å². The van der Waals surface area contributed by atoms with Crippen LogP contribution in [0, 0.1) is 0 Å². The molecule has 0 aromatic heterocycles. The van der Waals surface area contributed by atoms with Crippen molar-refractivity contribution in [1.82, 2.24) is 5.32 Å². The van der Waals surface area contributed by atoms with E-state index < -0.39 is 117 Å². The Labute approximate surface area is 214 Å². The Balaban J connectivity index is 1.92. The fraction of sp³-hybridized carbons (Fsp3) is 0.900. The van der Waals surface area contributed by atoms with Gasteiger partial charge in [-0.25, -0.2) is 4.79 Å². The monoisotopic (exact) mass is 559 g/mol. The molecule has 0 spiro atoms. The van der Waals surface area contributed by atoms with Gasteiger partial charge in [0.15, 0.2) is 18.7 Å². The molecule has 0 aromatic rings. The second-order valence-corrected chi connectivity index (χ2v) is 9.14. The smallest absolute Gasteiger partial charge is 0.335 e. The standard InChI is InChI=1S/C20H33NO17/c1-5(25)21-8-13(9(26)6(2-22)34-18(8)33)35-19-12(29)14(11(28)15(36-19)17(31)32)38-20(4-24)16(30)10(27)7(3-23)37-20/h6-16,18-19,22-24,26-30,33H,2-4H2,1H3,(H,21,25)(H,31,32). The van der Waals surface area contributed by atoms with Crippen LogP contribution in [0.1, 0.15) is 6.92 Å². The maximum atomic E-state index is 11.8. The van der Waals surface area contributed by atoms with E-state index in [1.165, 1.54) is 0 Å². The number of carboxylic acids is 1. The van der Waals surface area contributed by atoms with Gasteiger partial charge in [0.1, 0.15) is 67.6 Å². The number of carbonyl (C=O) groups is 2. The largest absolute Gasteiger partial charge is 0.479 e. The molecule has 3 heterocycles. The van der Waals surface area contributed by atoms with Gasteiger partial charge in [-0.2, -0.15) is 0 Å². The number of nitrogens with one attached hydrogen (secondary N) is 1. The molecular formula is C20H33NO17. The summed E-state index contributed by atoms with van der Waals surface area (Å²) < 4.78 is 26.4. The van der Waals surface area contributed by atoms with Crippen molar-refractivity contribution in [3.63, 3.8) is 0 Å². The Hall–Kier alpha value is -1.62. The molecule has 0 radical (unpaired) electrons. The summed E-state index contributed by atoms with van der Waals surface area (Å²) in [5, 5.41) is 103. The van der Waals surface area contributed by atoms with Gasteiger partial charge in [0.25, 0.3) is 0 Å². The van der Waals surface area contributed by atoms with Gasteiger partial charge in [0, 0.05) is 6.92 Å². The molecule has 3 saturated heterocycles. The predicted molar refractivity (Wildman–Crippen MR) is 113 cm³/mol. The Morgan fingerprint density at radius 2 is 1.50 bits per heavy atom. The van der Waals surface area contributed by atoms with Crippen LogP contribution in [-0.2, 0) is 33.3 Å². The first-order valence-electron chi connectivity index (χ1n) is 11.5. The van der Waals surface area contributed by atoms with E-state index in [1.54, 1.807) is 0 Å². The average Bonchev–Trinajstić information content (AvgIpc) is 3.11. The van der Waals surface area contributed by atoms with E-state index >= 15 is 0 Å². The number of aliphatic carboxylic acids is 1. The molecule has 11 N–H and O–H groups in total. The van der Waals surface area contributed by atoms with E-state index in [0.29, 0.717) is 0 Å². The average molecular weight is 559 g/mol. The quantitative estimate of drug-likeness (QED) is 0.125. The van der Waals surface area contributed by atoms with Crippen LogP contribution in [0.2, 0.25) is 0 Å². The van der Waals surface area contributed by atoms with Crippen LogP contribution in [-0.4, -0.2) is 168 Å². The highest BCUT2D eigenvalue weighted by Gasteiger charge is 2.60. The molecule has 3 fully saturated rings. The molecule has 1 amide bonds. The lowest BCUT2D eigenvalue weighted by Gasteiger charge is -2.47. The summed E-state index contributed by atoms with van der Waals surface area (Å²) in [5.74, 6) is -5.02. The van der Waals surface area contributed by atoms with Crippen LogP contribution < -0.4 is 5.32 Å². The topological polar surface area (TPSA) is 295 Å². The van der Waals surface area contributed by atoms with Crippen molar-refractivity contribution in [2.75, 3.05) is 19.8 Å². The van der Waals surface area contributed by atoms with Crippen molar-refractivity contribution in [2.24, 2.45) is 0 Å². The third kappa shape index (κ3) is 5.78. The molecule has 0 saturated carbocycles. The number of aliphatic hydroxyl groups is 9. The highest BCUT2D eigenvalue weighted by molar-refractivity contribution is 5.73. The molecule has 3 aliphatic heterocycles. The number of hydrogen-bond acceptors (Lipinski definition) is 16.